The van der Waals surface area contributed by atoms with Gasteiger partial charge in [-0.15, -0.1) is 0 Å². The second-order valence-corrected chi connectivity index (χ2v) is 1.76. The summed E-state index contributed by atoms with van der Waals surface area (Å²) in [6.07, 6.45) is -2.65. The van der Waals surface area contributed by atoms with Gasteiger partial charge in [0, 0.05) is 10.5 Å². The number of carbonyl (C=O) groups excluding carboxylic acids is 1. The summed E-state index contributed by atoms with van der Waals surface area (Å²) in [6.45, 7) is 2.29. The minimum Gasteiger partial charge on any atom is -0.476 e. The van der Waals surface area contributed by atoms with Gasteiger partial charge in [0.05, 0.1) is 0 Å². The molecule has 0 fully saturated rings. The van der Waals surface area contributed by atoms with Gasteiger partial charge < -0.3 is 5.11 Å². The molecule has 0 aliphatic rings. The summed E-state index contributed by atoms with van der Waals surface area (Å²) in [5.74, 6) is -5.18. The van der Waals surface area contributed by atoms with Crippen LogP contribution in [0.4, 0.5) is 0 Å². The number of aliphatic carboxylic acids is 1. The van der Waals surface area contributed by atoms with Crippen molar-refractivity contribution in [3.8, 4) is 0 Å². The lowest BCUT2D eigenvalue weighted by atomic mass is 10.1. The Morgan fingerprint density at radius 3 is 2.33 bits per heavy atom. The summed E-state index contributed by atoms with van der Waals surface area (Å²) in [5.41, 5.74) is 0. The van der Waals surface area contributed by atoms with Crippen molar-refractivity contribution in [2.75, 3.05) is 0 Å². The average Bonchev–Trinajstić information content (AvgIpc) is 1.83. The van der Waals surface area contributed by atoms with E-state index in [0.717, 1.165) is 13.8 Å². The van der Waals surface area contributed by atoms with Crippen molar-refractivity contribution in [1.29, 1.82) is 0 Å². The van der Waals surface area contributed by atoms with Crippen LogP contribution in [0.15, 0.2) is 0 Å². The maximum Gasteiger partial charge on any atom is 0.372 e. The monoisotopic (exact) mass is 133 g/mol. The van der Waals surface area contributed by atoms with Crippen LogP contribution in [0.5, 0.6) is 0 Å². The fraction of sp³-hybridized carbons (Fsp3) is 0.667. The van der Waals surface area contributed by atoms with Crippen LogP contribution in [0.3, 0.4) is 0 Å². The molecule has 0 atom stereocenters. The Labute approximate surface area is 57.9 Å². The van der Waals surface area contributed by atoms with Crippen molar-refractivity contribution >= 4 is 11.8 Å². The molecule has 0 radical (unpaired) electrons. The van der Waals surface area contributed by atoms with Crippen molar-refractivity contribution in [3.05, 3.63) is 0 Å². The molecule has 52 valence electrons. The maximum atomic E-state index is 10.7. The van der Waals surface area contributed by atoms with Gasteiger partial charge in [-0.25, -0.2) is 4.79 Å². The molecule has 0 bridgehead atoms. The van der Waals surface area contributed by atoms with E-state index in [2.05, 4.69) is 0 Å². The van der Waals surface area contributed by atoms with Gasteiger partial charge in [0.25, 0.3) is 0 Å². The number of ketones is 1. The number of hydrogen-bond acceptors (Lipinski definition) is 2. The van der Waals surface area contributed by atoms with E-state index < -0.39 is 24.0 Å². The van der Waals surface area contributed by atoms with Crippen molar-refractivity contribution in [3.63, 3.8) is 0 Å². The number of carbonyl (C=O) groups is 2. The van der Waals surface area contributed by atoms with Crippen LogP contribution < -0.4 is 0 Å². The molecule has 0 aromatic heterocycles. The highest BCUT2D eigenvalue weighted by Gasteiger charge is 2.11. The number of carboxylic acids is 1. The minimum absolute atomic E-state index is 1.15. The van der Waals surface area contributed by atoms with Crippen molar-refractivity contribution in [2.45, 2.75) is 20.2 Å². The Morgan fingerprint density at radius 2 is 2.22 bits per heavy atom. The summed E-state index contributed by atoms with van der Waals surface area (Å²) < 4.78 is 21.3. The van der Waals surface area contributed by atoms with E-state index in [4.69, 9.17) is 9.22 Å². The van der Waals surface area contributed by atoms with Crippen molar-refractivity contribution < 1.29 is 18.8 Å². The Morgan fingerprint density at radius 1 is 1.78 bits per heavy atom. The van der Waals surface area contributed by atoms with Crippen molar-refractivity contribution in [1.82, 2.24) is 0 Å². The van der Waals surface area contributed by atoms with Crippen LogP contribution in [0.25, 0.3) is 0 Å². The fourth-order valence-electron chi connectivity index (χ4n) is 0.281. The first kappa shape index (κ1) is 4.04. The van der Waals surface area contributed by atoms with E-state index in [1.165, 1.54) is 0 Å². The highest BCUT2D eigenvalue weighted by molar-refractivity contribution is 6.32. The SMILES string of the molecule is [2H]C(C)(C)C([2H])([2H])C(=O)C(=O)O. The van der Waals surface area contributed by atoms with Crippen LogP contribution in [-0.4, -0.2) is 16.9 Å². The summed E-state index contributed by atoms with van der Waals surface area (Å²) in [7, 11) is 0. The predicted molar refractivity (Wildman–Crippen MR) is 32.1 cm³/mol. The third-order valence-electron chi connectivity index (χ3n) is 0.558. The van der Waals surface area contributed by atoms with Gasteiger partial charge in [-0.05, 0) is 5.89 Å². The molecule has 1 N–H and O–H groups in total. The third-order valence-corrected chi connectivity index (χ3v) is 0.558. The molecule has 0 spiro atoms. The number of rotatable bonds is 3. The predicted octanol–water partition coefficient (Wildman–Crippen LogP) is 0.686. The summed E-state index contributed by atoms with van der Waals surface area (Å²) in [4.78, 5) is 20.8. The van der Waals surface area contributed by atoms with E-state index in [-0.39, 0.29) is 0 Å². The van der Waals surface area contributed by atoms with E-state index >= 15 is 0 Å². The van der Waals surface area contributed by atoms with Gasteiger partial charge in [-0.1, -0.05) is 13.8 Å². The highest BCUT2D eigenvalue weighted by atomic mass is 16.4. The largest absolute Gasteiger partial charge is 0.476 e. The van der Waals surface area contributed by atoms with E-state index in [0.29, 0.717) is 0 Å². The second-order valence-electron chi connectivity index (χ2n) is 1.76. The lowest BCUT2D eigenvalue weighted by Gasteiger charge is -1.97. The smallest absolute Gasteiger partial charge is 0.372 e. The molecule has 0 aliphatic heterocycles. The topological polar surface area (TPSA) is 54.4 Å². The van der Waals surface area contributed by atoms with Gasteiger partial charge in [0.2, 0.25) is 5.78 Å². The summed E-state index contributed by atoms with van der Waals surface area (Å²) >= 11 is 0. The molecular weight excluding hydrogens is 120 g/mol. The molecule has 0 unspecified atom stereocenters. The minimum atomic E-state index is -2.65. The van der Waals surface area contributed by atoms with Gasteiger partial charge >= 0.3 is 5.97 Å². The Kier molecular flexibility index (Phi) is 1.44. The molecule has 0 rings (SSSR count). The van der Waals surface area contributed by atoms with Gasteiger partial charge in [-0.3, -0.25) is 4.79 Å². The molecule has 0 saturated carbocycles. The fourth-order valence-corrected chi connectivity index (χ4v) is 0.281. The summed E-state index contributed by atoms with van der Waals surface area (Å²) in [5, 5.41) is 8.21. The first-order valence-electron chi connectivity index (χ1n) is 3.88. The zero-order valence-corrected chi connectivity index (χ0v) is 5.26. The number of Topliss-reactive ketones (excluding diaryl/α,β-unsaturated/α-hetero) is 1. The molecule has 9 heavy (non-hydrogen) atoms. The molecular formula is C6H10O3. The lowest BCUT2D eigenvalue weighted by Crippen LogP contribution is -2.14. The second kappa shape index (κ2) is 3.22. The molecule has 3 heteroatoms. The molecule has 0 amide bonds. The van der Waals surface area contributed by atoms with Crippen LogP contribution in [0, 0.1) is 5.89 Å². The molecule has 0 aromatic carbocycles. The van der Waals surface area contributed by atoms with Gasteiger partial charge in [-0.2, -0.15) is 0 Å². The van der Waals surface area contributed by atoms with Gasteiger partial charge in [0.15, 0.2) is 0 Å². The van der Waals surface area contributed by atoms with Crippen LogP contribution in [0.2, 0.25) is 0 Å². The van der Waals surface area contributed by atoms with E-state index in [1.807, 2.05) is 0 Å². The first-order valence-corrected chi connectivity index (χ1v) is 2.38. The number of hydrogen-bond donors (Lipinski definition) is 1. The van der Waals surface area contributed by atoms with Crippen LogP contribution >= 0.6 is 0 Å². The molecule has 0 aliphatic carbocycles. The average molecular weight is 133 g/mol. The van der Waals surface area contributed by atoms with Gasteiger partial charge in [0.1, 0.15) is 0 Å². The van der Waals surface area contributed by atoms with E-state index in [1.54, 1.807) is 0 Å². The summed E-state index contributed by atoms with van der Waals surface area (Å²) in [6, 6.07) is 0. The lowest BCUT2D eigenvalue weighted by molar-refractivity contribution is -0.149. The zero-order chi connectivity index (χ0) is 10.2. The Balaban J connectivity index is 4.87. The standard InChI is InChI=1S/C6H10O3/c1-4(2)3-5(7)6(8)9/h4H,3H2,1-2H3,(H,8,9)/i3D2,4D. The zero-order valence-electron chi connectivity index (χ0n) is 8.26. The molecule has 0 heterocycles. The van der Waals surface area contributed by atoms with Crippen molar-refractivity contribution in [2.24, 2.45) is 5.89 Å². The number of carboxylic acid groups (broad SMARTS) is 1. The Bertz CT molecular complexity index is 217. The van der Waals surface area contributed by atoms with Crippen LogP contribution in [0.1, 0.15) is 24.3 Å². The quantitative estimate of drug-likeness (QED) is 0.576. The first-order chi connectivity index (χ1) is 5.10. The molecule has 0 aromatic rings. The highest BCUT2D eigenvalue weighted by Crippen LogP contribution is 1.99. The Hall–Kier alpha value is -0.860. The van der Waals surface area contributed by atoms with E-state index in [9.17, 15) is 9.59 Å². The third kappa shape index (κ3) is 3.70. The van der Waals surface area contributed by atoms with Crippen LogP contribution in [-0.2, 0) is 9.59 Å². The molecule has 3 nitrogen and oxygen atoms in total. The maximum absolute atomic E-state index is 10.7. The normalized spacial score (nSPS) is 17.3. The molecule has 0 saturated heterocycles.